The summed E-state index contributed by atoms with van der Waals surface area (Å²) in [5.41, 5.74) is 0.0277. The summed E-state index contributed by atoms with van der Waals surface area (Å²) < 4.78 is 16.9. The van der Waals surface area contributed by atoms with Gasteiger partial charge in [-0.15, -0.1) is 0 Å². The lowest BCUT2D eigenvalue weighted by Gasteiger charge is -2.32. The minimum atomic E-state index is -2.19. The van der Waals surface area contributed by atoms with E-state index in [1.165, 1.54) is 6.26 Å². The molecule has 0 aromatic carbocycles. The summed E-state index contributed by atoms with van der Waals surface area (Å²) in [6, 6.07) is 0. The molecule has 1 atom stereocenters. The molecule has 14 heavy (non-hydrogen) atoms. The molecular weight excluding hydrogens is 196 g/mol. The first-order valence-electron chi connectivity index (χ1n) is 5.18. The molecule has 0 bridgehead atoms. The van der Waals surface area contributed by atoms with Crippen molar-refractivity contribution in [2.24, 2.45) is 0 Å². The minimum Gasteiger partial charge on any atom is -0.497 e. The Bertz CT molecular complexity index is 155. The fourth-order valence-electron chi connectivity index (χ4n) is 1.51. The molecule has 0 aliphatic rings. The lowest BCUT2D eigenvalue weighted by atomic mass is 10.5. The molecule has 0 rings (SSSR count). The van der Waals surface area contributed by atoms with Crippen molar-refractivity contribution in [2.45, 2.75) is 39.5 Å². The molecule has 0 radical (unpaired) electrons. The van der Waals surface area contributed by atoms with Crippen LogP contribution < -0.4 is 0 Å². The van der Waals surface area contributed by atoms with Crippen molar-refractivity contribution >= 4 is 8.56 Å². The van der Waals surface area contributed by atoms with Crippen molar-refractivity contribution in [3.8, 4) is 0 Å². The van der Waals surface area contributed by atoms with Gasteiger partial charge in [0.05, 0.1) is 6.26 Å². The van der Waals surface area contributed by atoms with Gasteiger partial charge in [0.1, 0.15) is 5.73 Å². The number of rotatable bonds is 8. The molecule has 1 unspecified atom stereocenters. The molecule has 0 aliphatic carbocycles. The molecule has 0 spiro atoms. The summed E-state index contributed by atoms with van der Waals surface area (Å²) in [4.78, 5) is 0. The lowest BCUT2D eigenvalue weighted by molar-refractivity contribution is 0.102. The first-order valence-corrected chi connectivity index (χ1v) is 7.58. The zero-order valence-corrected chi connectivity index (χ0v) is 10.7. The van der Waals surface area contributed by atoms with Crippen LogP contribution in [0.5, 0.6) is 0 Å². The van der Waals surface area contributed by atoms with Crippen molar-refractivity contribution < 1.29 is 13.6 Å². The van der Waals surface area contributed by atoms with Crippen LogP contribution in [-0.4, -0.2) is 27.5 Å². The van der Waals surface area contributed by atoms with Crippen LogP contribution in [0.3, 0.4) is 0 Å². The maximum Gasteiger partial charge on any atom is 0.377 e. The summed E-state index contributed by atoms with van der Waals surface area (Å²) in [5, 5.41) is 0. The molecular formula is C10H22O3Si. The average molecular weight is 218 g/mol. The largest absolute Gasteiger partial charge is 0.497 e. The first kappa shape index (κ1) is 13.7. The van der Waals surface area contributed by atoms with Gasteiger partial charge in [-0.1, -0.05) is 13.5 Å². The predicted molar refractivity (Wildman–Crippen MR) is 60.2 cm³/mol. The van der Waals surface area contributed by atoms with Crippen molar-refractivity contribution in [2.75, 3.05) is 13.2 Å². The van der Waals surface area contributed by atoms with Gasteiger partial charge in [-0.3, -0.25) is 0 Å². The van der Waals surface area contributed by atoms with Gasteiger partial charge < -0.3 is 13.6 Å². The Hall–Kier alpha value is -0.323. The van der Waals surface area contributed by atoms with Crippen LogP contribution in [0, 0.1) is 0 Å². The SMILES string of the molecule is C=COC(CC)[Si](C)(OCC)OCC. The van der Waals surface area contributed by atoms with E-state index in [0.717, 1.165) is 6.42 Å². The second kappa shape index (κ2) is 7.03. The summed E-state index contributed by atoms with van der Waals surface area (Å²) in [6.07, 6.45) is 2.35. The Morgan fingerprint density at radius 3 is 2.00 bits per heavy atom. The van der Waals surface area contributed by atoms with Gasteiger partial charge in [-0.2, -0.15) is 0 Å². The molecule has 0 heterocycles. The molecule has 0 saturated heterocycles. The first-order chi connectivity index (χ1) is 6.64. The van der Waals surface area contributed by atoms with E-state index in [4.69, 9.17) is 13.6 Å². The Kier molecular flexibility index (Phi) is 6.87. The zero-order chi connectivity index (χ0) is 11.0. The van der Waals surface area contributed by atoms with E-state index in [1.807, 2.05) is 20.4 Å². The van der Waals surface area contributed by atoms with Gasteiger partial charge in [0.2, 0.25) is 0 Å². The summed E-state index contributed by atoms with van der Waals surface area (Å²) in [5.74, 6) is 0. The number of hydrogen-bond acceptors (Lipinski definition) is 3. The maximum absolute atomic E-state index is 5.72. The van der Waals surface area contributed by atoms with Crippen molar-refractivity contribution in [1.29, 1.82) is 0 Å². The van der Waals surface area contributed by atoms with Crippen LogP contribution in [-0.2, 0) is 13.6 Å². The van der Waals surface area contributed by atoms with Crippen LogP contribution in [0.15, 0.2) is 12.8 Å². The van der Waals surface area contributed by atoms with Crippen molar-refractivity contribution in [1.82, 2.24) is 0 Å². The van der Waals surface area contributed by atoms with E-state index in [9.17, 15) is 0 Å². The van der Waals surface area contributed by atoms with Crippen LogP contribution in [0.2, 0.25) is 6.55 Å². The van der Waals surface area contributed by atoms with Crippen LogP contribution in [0.1, 0.15) is 27.2 Å². The molecule has 0 aromatic heterocycles. The molecule has 0 fully saturated rings. The Morgan fingerprint density at radius 1 is 1.21 bits per heavy atom. The monoisotopic (exact) mass is 218 g/mol. The highest BCUT2D eigenvalue weighted by molar-refractivity contribution is 6.67. The fourth-order valence-corrected chi connectivity index (χ4v) is 4.19. The highest BCUT2D eigenvalue weighted by Crippen LogP contribution is 2.18. The van der Waals surface area contributed by atoms with Gasteiger partial charge in [0.25, 0.3) is 0 Å². The Labute approximate surface area is 88.3 Å². The Balaban J connectivity index is 4.46. The standard InChI is InChI=1S/C10H22O3Si/c1-6-10(11-7-2)14(5,12-8-3)13-9-4/h7,10H,2,6,8-9H2,1,3-5H3. The lowest BCUT2D eigenvalue weighted by Crippen LogP contribution is -2.51. The molecule has 0 saturated carbocycles. The topological polar surface area (TPSA) is 27.7 Å². The third kappa shape index (κ3) is 3.82. The van der Waals surface area contributed by atoms with Gasteiger partial charge in [-0.25, -0.2) is 0 Å². The quantitative estimate of drug-likeness (QED) is 0.463. The van der Waals surface area contributed by atoms with Crippen LogP contribution in [0.4, 0.5) is 0 Å². The third-order valence-electron chi connectivity index (χ3n) is 2.08. The molecule has 0 aromatic rings. The summed E-state index contributed by atoms with van der Waals surface area (Å²) in [7, 11) is -2.19. The smallest absolute Gasteiger partial charge is 0.377 e. The summed E-state index contributed by atoms with van der Waals surface area (Å²) >= 11 is 0. The fraction of sp³-hybridized carbons (Fsp3) is 0.800. The number of ether oxygens (including phenoxy) is 1. The second-order valence-corrected chi connectivity index (χ2v) is 6.33. The molecule has 84 valence electrons. The van der Waals surface area contributed by atoms with Crippen molar-refractivity contribution in [3.05, 3.63) is 12.8 Å². The van der Waals surface area contributed by atoms with Gasteiger partial charge in [0.15, 0.2) is 0 Å². The van der Waals surface area contributed by atoms with Crippen LogP contribution in [0.25, 0.3) is 0 Å². The van der Waals surface area contributed by atoms with E-state index in [0.29, 0.717) is 13.2 Å². The average Bonchev–Trinajstić information content (AvgIpc) is 2.14. The molecule has 0 N–H and O–H groups in total. The number of hydrogen-bond donors (Lipinski definition) is 0. The zero-order valence-electron chi connectivity index (χ0n) is 9.71. The van der Waals surface area contributed by atoms with E-state index in [2.05, 4.69) is 13.5 Å². The second-order valence-electron chi connectivity index (χ2n) is 3.08. The van der Waals surface area contributed by atoms with Crippen LogP contribution >= 0.6 is 0 Å². The maximum atomic E-state index is 5.72. The van der Waals surface area contributed by atoms with E-state index in [1.54, 1.807) is 0 Å². The summed E-state index contributed by atoms with van der Waals surface area (Å²) in [6.45, 7) is 13.0. The molecule has 0 aliphatic heterocycles. The third-order valence-corrected chi connectivity index (χ3v) is 5.52. The van der Waals surface area contributed by atoms with Gasteiger partial charge in [0, 0.05) is 13.2 Å². The normalized spacial score (nSPS) is 13.7. The molecule has 4 heteroatoms. The van der Waals surface area contributed by atoms with Crippen molar-refractivity contribution in [3.63, 3.8) is 0 Å². The highest BCUT2D eigenvalue weighted by atomic mass is 28.4. The predicted octanol–water partition coefficient (Wildman–Crippen LogP) is 2.61. The minimum absolute atomic E-state index is 0.0277. The highest BCUT2D eigenvalue weighted by Gasteiger charge is 2.41. The van der Waals surface area contributed by atoms with Gasteiger partial charge >= 0.3 is 8.56 Å². The Morgan fingerprint density at radius 2 is 1.71 bits per heavy atom. The molecule has 3 nitrogen and oxygen atoms in total. The van der Waals surface area contributed by atoms with Gasteiger partial charge in [-0.05, 0) is 26.8 Å². The van der Waals surface area contributed by atoms with E-state index < -0.39 is 8.56 Å². The van der Waals surface area contributed by atoms with E-state index in [-0.39, 0.29) is 5.73 Å². The van der Waals surface area contributed by atoms with E-state index >= 15 is 0 Å². The molecule has 0 amide bonds.